The highest BCUT2D eigenvalue weighted by atomic mass is 15.2. The van der Waals surface area contributed by atoms with Gasteiger partial charge >= 0.3 is 0 Å². The van der Waals surface area contributed by atoms with E-state index in [9.17, 15) is 0 Å². The highest BCUT2D eigenvalue weighted by Gasteiger charge is 2.16. The van der Waals surface area contributed by atoms with Crippen LogP contribution in [0.3, 0.4) is 0 Å². The van der Waals surface area contributed by atoms with Crippen LogP contribution in [0.4, 0.5) is 11.6 Å². The lowest BCUT2D eigenvalue weighted by Gasteiger charge is -2.27. The Morgan fingerprint density at radius 2 is 1.65 bits per heavy atom. The lowest BCUT2D eigenvalue weighted by molar-refractivity contribution is 0.485. The number of para-hydroxylation sites is 2. The molecule has 0 fully saturated rings. The van der Waals surface area contributed by atoms with E-state index in [0.29, 0.717) is 11.7 Å². The molecule has 0 saturated carbocycles. The molecule has 0 aliphatic carbocycles. The van der Waals surface area contributed by atoms with Crippen LogP contribution in [0.15, 0.2) is 24.3 Å². The van der Waals surface area contributed by atoms with Gasteiger partial charge in [0.25, 0.3) is 0 Å². The van der Waals surface area contributed by atoms with Crippen LogP contribution < -0.4 is 10.6 Å². The zero-order valence-corrected chi connectivity index (χ0v) is 12.6. The molecule has 0 bridgehead atoms. The van der Waals surface area contributed by atoms with Crippen molar-refractivity contribution >= 4 is 22.7 Å². The van der Waals surface area contributed by atoms with Crippen molar-refractivity contribution in [2.75, 3.05) is 23.7 Å². The maximum atomic E-state index is 6.11. The maximum absolute atomic E-state index is 6.11. The zero-order valence-electron chi connectivity index (χ0n) is 12.6. The van der Waals surface area contributed by atoms with Gasteiger partial charge in [-0.1, -0.05) is 38.8 Å². The van der Waals surface area contributed by atoms with Gasteiger partial charge in [0.05, 0.1) is 11.0 Å². The molecule has 1 aromatic heterocycles. The van der Waals surface area contributed by atoms with Gasteiger partial charge in [0.2, 0.25) is 0 Å². The molecule has 20 heavy (non-hydrogen) atoms. The summed E-state index contributed by atoms with van der Waals surface area (Å²) in [5, 5.41) is 0. The van der Waals surface area contributed by atoms with Gasteiger partial charge in [-0.3, -0.25) is 0 Å². The molecule has 0 aliphatic rings. The van der Waals surface area contributed by atoms with E-state index in [4.69, 9.17) is 10.7 Å². The number of nitrogen functional groups attached to an aromatic ring is 1. The Kier molecular flexibility index (Phi) is 4.77. The normalized spacial score (nSPS) is 11.2. The molecule has 1 heterocycles. The van der Waals surface area contributed by atoms with Crippen LogP contribution in [0.2, 0.25) is 0 Å². The fraction of sp³-hybridized carbons (Fsp3) is 0.500. The minimum atomic E-state index is 0.525. The summed E-state index contributed by atoms with van der Waals surface area (Å²) in [6.07, 6.45) is 2.35. The second-order valence-corrected chi connectivity index (χ2v) is 5.14. The minimum Gasteiger partial charge on any atom is -0.381 e. The summed E-state index contributed by atoms with van der Waals surface area (Å²) in [4.78, 5) is 11.4. The van der Waals surface area contributed by atoms with E-state index >= 15 is 0 Å². The predicted octanol–water partition coefficient (Wildman–Crippen LogP) is 3.47. The first kappa shape index (κ1) is 14.6. The first-order valence-corrected chi connectivity index (χ1v) is 7.46. The summed E-state index contributed by atoms with van der Waals surface area (Å²) in [6.45, 7) is 8.49. The number of aromatic nitrogens is 2. The number of hydrogen-bond acceptors (Lipinski definition) is 4. The molecular formula is C16H24N4. The number of benzene rings is 1. The van der Waals surface area contributed by atoms with E-state index in [1.165, 1.54) is 12.8 Å². The fourth-order valence-electron chi connectivity index (χ4n) is 2.46. The summed E-state index contributed by atoms with van der Waals surface area (Å²) >= 11 is 0. The molecule has 0 spiro atoms. The van der Waals surface area contributed by atoms with Crippen molar-refractivity contribution in [3.63, 3.8) is 0 Å². The van der Waals surface area contributed by atoms with Crippen LogP contribution in [0.5, 0.6) is 0 Å². The average molecular weight is 272 g/mol. The van der Waals surface area contributed by atoms with Crippen molar-refractivity contribution in [3.8, 4) is 0 Å². The molecular weight excluding hydrogens is 248 g/mol. The van der Waals surface area contributed by atoms with Crippen molar-refractivity contribution in [1.29, 1.82) is 0 Å². The highest BCUT2D eigenvalue weighted by molar-refractivity contribution is 5.79. The molecule has 2 N–H and O–H groups in total. The van der Waals surface area contributed by atoms with E-state index < -0.39 is 0 Å². The second-order valence-electron chi connectivity index (χ2n) is 5.14. The van der Waals surface area contributed by atoms with Crippen LogP contribution in [0, 0.1) is 5.92 Å². The number of nitrogens with two attached hydrogens (primary N) is 1. The summed E-state index contributed by atoms with van der Waals surface area (Å²) in [7, 11) is 0. The molecule has 4 nitrogen and oxygen atoms in total. The molecule has 0 atom stereocenters. The molecule has 108 valence electrons. The molecule has 1 aromatic carbocycles. The van der Waals surface area contributed by atoms with Gasteiger partial charge in [-0.05, 0) is 25.0 Å². The Morgan fingerprint density at radius 3 is 2.20 bits per heavy atom. The Bertz CT molecular complexity index is 563. The van der Waals surface area contributed by atoms with Crippen molar-refractivity contribution < 1.29 is 0 Å². The molecule has 0 amide bonds. The van der Waals surface area contributed by atoms with Crippen LogP contribution in [-0.4, -0.2) is 23.1 Å². The Balaban J connectivity index is 2.35. The third kappa shape index (κ3) is 3.00. The molecule has 2 rings (SSSR count). The van der Waals surface area contributed by atoms with Gasteiger partial charge in [-0.25, -0.2) is 9.97 Å². The Hall–Kier alpha value is -1.84. The monoisotopic (exact) mass is 272 g/mol. The van der Waals surface area contributed by atoms with Crippen molar-refractivity contribution in [3.05, 3.63) is 24.3 Å². The van der Waals surface area contributed by atoms with Gasteiger partial charge < -0.3 is 10.6 Å². The smallest absolute Gasteiger partial charge is 0.172 e. The quantitative estimate of drug-likeness (QED) is 0.874. The molecule has 0 saturated heterocycles. The van der Waals surface area contributed by atoms with Gasteiger partial charge in [-0.15, -0.1) is 0 Å². The lowest BCUT2D eigenvalue weighted by atomic mass is 10.0. The molecule has 0 radical (unpaired) electrons. The third-order valence-electron chi connectivity index (χ3n) is 3.89. The van der Waals surface area contributed by atoms with Crippen LogP contribution >= 0.6 is 0 Å². The lowest BCUT2D eigenvalue weighted by Crippen LogP contribution is -2.30. The van der Waals surface area contributed by atoms with Crippen LogP contribution in [0.1, 0.15) is 33.6 Å². The van der Waals surface area contributed by atoms with Gasteiger partial charge in [0, 0.05) is 13.1 Å². The summed E-state index contributed by atoms with van der Waals surface area (Å²) in [5.41, 5.74) is 7.86. The SMILES string of the molecule is CCC(CC)CN(CC)c1nc2ccccc2nc1N. The average Bonchev–Trinajstić information content (AvgIpc) is 2.48. The predicted molar refractivity (Wildman–Crippen MR) is 85.9 cm³/mol. The van der Waals surface area contributed by atoms with E-state index in [0.717, 1.165) is 29.9 Å². The van der Waals surface area contributed by atoms with Crippen molar-refractivity contribution in [1.82, 2.24) is 9.97 Å². The number of anilines is 2. The zero-order chi connectivity index (χ0) is 14.5. The van der Waals surface area contributed by atoms with E-state index in [2.05, 4.69) is 30.7 Å². The second kappa shape index (κ2) is 6.55. The van der Waals surface area contributed by atoms with E-state index in [1.807, 2.05) is 24.3 Å². The summed E-state index contributed by atoms with van der Waals surface area (Å²) < 4.78 is 0. The fourth-order valence-corrected chi connectivity index (χ4v) is 2.46. The third-order valence-corrected chi connectivity index (χ3v) is 3.89. The first-order chi connectivity index (χ1) is 9.69. The number of hydrogen-bond donors (Lipinski definition) is 1. The molecule has 0 aliphatic heterocycles. The van der Waals surface area contributed by atoms with Gasteiger partial charge in [-0.2, -0.15) is 0 Å². The number of fused-ring (bicyclic) bond motifs is 1. The summed E-state index contributed by atoms with van der Waals surface area (Å²) in [6, 6.07) is 7.86. The Morgan fingerprint density at radius 1 is 1.05 bits per heavy atom. The van der Waals surface area contributed by atoms with Crippen molar-refractivity contribution in [2.45, 2.75) is 33.6 Å². The Labute approximate surface area is 121 Å². The van der Waals surface area contributed by atoms with Crippen LogP contribution in [0.25, 0.3) is 11.0 Å². The molecule has 4 heteroatoms. The minimum absolute atomic E-state index is 0.525. The standard InChI is InChI=1S/C16H24N4/c1-4-12(5-2)11-20(6-3)16-15(17)18-13-9-7-8-10-14(13)19-16/h7-10,12H,4-6,11H2,1-3H3,(H2,17,18). The largest absolute Gasteiger partial charge is 0.381 e. The van der Waals surface area contributed by atoms with Gasteiger partial charge in [0.1, 0.15) is 0 Å². The topological polar surface area (TPSA) is 55.0 Å². The van der Waals surface area contributed by atoms with E-state index in [-0.39, 0.29) is 0 Å². The number of rotatable bonds is 6. The van der Waals surface area contributed by atoms with Crippen LogP contribution in [-0.2, 0) is 0 Å². The van der Waals surface area contributed by atoms with E-state index in [1.54, 1.807) is 0 Å². The van der Waals surface area contributed by atoms with Gasteiger partial charge in [0.15, 0.2) is 11.6 Å². The molecule has 2 aromatic rings. The maximum Gasteiger partial charge on any atom is 0.172 e. The molecule has 0 unspecified atom stereocenters. The number of nitrogens with zero attached hydrogens (tertiary/aromatic N) is 3. The first-order valence-electron chi connectivity index (χ1n) is 7.46. The summed E-state index contributed by atoms with van der Waals surface area (Å²) in [5.74, 6) is 2.01. The van der Waals surface area contributed by atoms with Crippen molar-refractivity contribution in [2.24, 2.45) is 5.92 Å². The highest BCUT2D eigenvalue weighted by Crippen LogP contribution is 2.24.